The van der Waals surface area contributed by atoms with E-state index in [0.717, 1.165) is 26.9 Å². The minimum atomic E-state index is 0.178. The van der Waals surface area contributed by atoms with Crippen LogP contribution in [0.1, 0.15) is 26.3 Å². The van der Waals surface area contributed by atoms with Crippen molar-refractivity contribution in [2.75, 3.05) is 0 Å². The summed E-state index contributed by atoms with van der Waals surface area (Å²) in [6.07, 6.45) is 0. The van der Waals surface area contributed by atoms with E-state index in [2.05, 4.69) is 77.0 Å². The van der Waals surface area contributed by atoms with Gasteiger partial charge in [-0.05, 0) is 29.2 Å². The Labute approximate surface area is 127 Å². The highest BCUT2D eigenvalue weighted by Gasteiger charge is 2.13. The van der Waals surface area contributed by atoms with Crippen molar-refractivity contribution in [3.63, 3.8) is 0 Å². The van der Waals surface area contributed by atoms with Crippen LogP contribution < -0.4 is 0 Å². The smallest absolute Gasteiger partial charge is 0.138 e. The van der Waals surface area contributed by atoms with Gasteiger partial charge in [0.2, 0.25) is 0 Å². The first kappa shape index (κ1) is 13.4. The molecular weight excluding hydrogens is 312 g/mol. The summed E-state index contributed by atoms with van der Waals surface area (Å²) in [5.74, 6) is 0.915. The summed E-state index contributed by atoms with van der Waals surface area (Å²) in [7, 11) is 0. The zero-order valence-corrected chi connectivity index (χ0v) is 13.5. The normalized spacial score (nSPS) is 12.0. The summed E-state index contributed by atoms with van der Waals surface area (Å²) in [4.78, 5) is 8.01. The highest BCUT2D eigenvalue weighted by molar-refractivity contribution is 9.10. The van der Waals surface area contributed by atoms with Gasteiger partial charge in [-0.3, -0.25) is 0 Å². The largest absolute Gasteiger partial charge is 0.338 e. The summed E-state index contributed by atoms with van der Waals surface area (Å²) in [6.45, 7) is 6.67. The number of hydrogen-bond acceptors (Lipinski definition) is 1. The first-order chi connectivity index (χ1) is 9.43. The van der Waals surface area contributed by atoms with Gasteiger partial charge in [0.1, 0.15) is 5.82 Å². The van der Waals surface area contributed by atoms with Gasteiger partial charge in [-0.1, -0.05) is 61.0 Å². The third kappa shape index (κ3) is 2.50. The molecule has 0 amide bonds. The molecule has 3 rings (SSSR count). The van der Waals surface area contributed by atoms with Crippen molar-refractivity contribution in [1.82, 2.24) is 9.97 Å². The Bertz CT molecular complexity index is 749. The number of halogens is 1. The van der Waals surface area contributed by atoms with Gasteiger partial charge in [0.05, 0.1) is 11.0 Å². The summed E-state index contributed by atoms with van der Waals surface area (Å²) in [6, 6.07) is 14.7. The molecule has 1 aromatic heterocycles. The van der Waals surface area contributed by atoms with Crippen molar-refractivity contribution < 1.29 is 0 Å². The van der Waals surface area contributed by atoms with Crippen LogP contribution in [0.4, 0.5) is 0 Å². The van der Waals surface area contributed by atoms with Crippen LogP contribution in [0.5, 0.6) is 0 Å². The van der Waals surface area contributed by atoms with Crippen molar-refractivity contribution in [3.05, 3.63) is 52.5 Å². The summed E-state index contributed by atoms with van der Waals surface area (Å²) >= 11 is 3.48. The third-order valence-corrected chi connectivity index (χ3v) is 3.96. The van der Waals surface area contributed by atoms with E-state index in [4.69, 9.17) is 0 Å². The number of imidazole rings is 1. The fourth-order valence-electron chi connectivity index (χ4n) is 2.25. The van der Waals surface area contributed by atoms with Gasteiger partial charge in [-0.15, -0.1) is 0 Å². The lowest BCUT2D eigenvalue weighted by Gasteiger charge is -2.18. The SMILES string of the molecule is CC(C)(C)c1ccc(-c2nc3ccc(Br)cc3[nH]2)cc1. The number of H-pyrrole nitrogens is 1. The average Bonchev–Trinajstić information content (AvgIpc) is 2.80. The molecule has 0 aliphatic rings. The lowest BCUT2D eigenvalue weighted by Crippen LogP contribution is -2.10. The van der Waals surface area contributed by atoms with Gasteiger partial charge in [0, 0.05) is 10.0 Å². The van der Waals surface area contributed by atoms with Gasteiger partial charge >= 0.3 is 0 Å². The molecule has 0 aliphatic heterocycles. The van der Waals surface area contributed by atoms with E-state index in [9.17, 15) is 0 Å². The maximum absolute atomic E-state index is 4.64. The van der Waals surface area contributed by atoms with Crippen molar-refractivity contribution in [2.24, 2.45) is 0 Å². The maximum atomic E-state index is 4.64. The molecule has 0 atom stereocenters. The number of fused-ring (bicyclic) bond motifs is 1. The molecule has 0 spiro atoms. The van der Waals surface area contributed by atoms with Crippen LogP contribution in [-0.2, 0) is 5.41 Å². The Morgan fingerprint density at radius 3 is 2.35 bits per heavy atom. The van der Waals surface area contributed by atoms with Crippen molar-refractivity contribution >= 4 is 27.0 Å². The minimum absolute atomic E-state index is 0.178. The summed E-state index contributed by atoms with van der Waals surface area (Å²) in [5, 5.41) is 0. The molecular formula is C17H17BrN2. The van der Waals surface area contributed by atoms with E-state index in [-0.39, 0.29) is 5.41 Å². The highest BCUT2D eigenvalue weighted by Crippen LogP contribution is 2.26. The first-order valence-corrected chi connectivity index (χ1v) is 7.49. The Morgan fingerprint density at radius 2 is 1.70 bits per heavy atom. The van der Waals surface area contributed by atoms with E-state index < -0.39 is 0 Å². The number of hydrogen-bond donors (Lipinski definition) is 1. The van der Waals surface area contributed by atoms with Crippen LogP contribution in [0, 0.1) is 0 Å². The molecule has 0 fully saturated rings. The number of aromatic nitrogens is 2. The predicted octanol–water partition coefficient (Wildman–Crippen LogP) is 5.29. The van der Waals surface area contributed by atoms with E-state index >= 15 is 0 Å². The second kappa shape index (κ2) is 4.74. The Hall–Kier alpha value is -1.61. The second-order valence-corrected chi connectivity index (χ2v) is 6.99. The summed E-state index contributed by atoms with van der Waals surface area (Å²) < 4.78 is 1.06. The molecule has 2 nitrogen and oxygen atoms in total. The number of rotatable bonds is 1. The predicted molar refractivity (Wildman–Crippen MR) is 87.9 cm³/mol. The number of aromatic amines is 1. The van der Waals surface area contributed by atoms with Crippen molar-refractivity contribution in [2.45, 2.75) is 26.2 Å². The summed E-state index contributed by atoms with van der Waals surface area (Å²) in [5.41, 5.74) is 4.67. The van der Waals surface area contributed by atoms with Crippen LogP contribution in [0.25, 0.3) is 22.4 Å². The molecule has 1 N–H and O–H groups in total. The standard InChI is InChI=1S/C17H17BrN2/c1-17(2,3)12-6-4-11(5-7-12)16-19-14-9-8-13(18)10-15(14)20-16/h4-10H,1-3H3,(H,19,20). The highest BCUT2D eigenvalue weighted by atomic mass is 79.9. The van der Waals surface area contributed by atoms with Gasteiger partial charge in [-0.2, -0.15) is 0 Å². The van der Waals surface area contributed by atoms with Gasteiger partial charge in [-0.25, -0.2) is 4.98 Å². The lowest BCUT2D eigenvalue weighted by atomic mass is 9.87. The van der Waals surface area contributed by atoms with Crippen LogP contribution in [0.2, 0.25) is 0 Å². The Kier molecular flexibility index (Phi) is 3.17. The number of nitrogens with one attached hydrogen (secondary N) is 1. The van der Waals surface area contributed by atoms with Crippen LogP contribution in [0.3, 0.4) is 0 Å². The molecule has 3 heteroatoms. The van der Waals surface area contributed by atoms with Crippen molar-refractivity contribution in [1.29, 1.82) is 0 Å². The molecule has 0 bridgehead atoms. The maximum Gasteiger partial charge on any atom is 0.138 e. The van der Waals surface area contributed by atoms with Crippen LogP contribution >= 0.6 is 15.9 Å². The van der Waals surface area contributed by atoms with Gasteiger partial charge in [0.25, 0.3) is 0 Å². The topological polar surface area (TPSA) is 28.7 Å². The van der Waals surface area contributed by atoms with E-state index in [0.29, 0.717) is 0 Å². The molecule has 0 aliphatic carbocycles. The number of benzene rings is 2. The molecule has 0 saturated heterocycles. The van der Waals surface area contributed by atoms with Crippen LogP contribution in [0.15, 0.2) is 46.9 Å². The van der Waals surface area contributed by atoms with E-state index in [1.165, 1.54) is 5.56 Å². The van der Waals surface area contributed by atoms with Gasteiger partial charge < -0.3 is 4.98 Å². The lowest BCUT2D eigenvalue weighted by molar-refractivity contribution is 0.590. The average molecular weight is 329 g/mol. The molecule has 2 aromatic carbocycles. The minimum Gasteiger partial charge on any atom is -0.338 e. The monoisotopic (exact) mass is 328 g/mol. The molecule has 1 heterocycles. The molecule has 0 unspecified atom stereocenters. The molecule has 0 saturated carbocycles. The first-order valence-electron chi connectivity index (χ1n) is 6.70. The molecule has 102 valence electrons. The zero-order chi connectivity index (χ0) is 14.3. The Morgan fingerprint density at radius 1 is 1.00 bits per heavy atom. The van der Waals surface area contributed by atoms with Gasteiger partial charge in [0.15, 0.2) is 0 Å². The molecule has 0 radical (unpaired) electrons. The van der Waals surface area contributed by atoms with Crippen LogP contribution in [-0.4, -0.2) is 9.97 Å². The second-order valence-electron chi connectivity index (χ2n) is 6.07. The quantitative estimate of drug-likeness (QED) is 0.646. The Balaban J connectivity index is 2.02. The number of nitrogens with zero attached hydrogens (tertiary/aromatic N) is 1. The molecule has 20 heavy (non-hydrogen) atoms. The van der Waals surface area contributed by atoms with E-state index in [1.807, 2.05) is 12.1 Å². The fourth-order valence-corrected chi connectivity index (χ4v) is 2.61. The van der Waals surface area contributed by atoms with Crippen molar-refractivity contribution in [3.8, 4) is 11.4 Å². The van der Waals surface area contributed by atoms with E-state index in [1.54, 1.807) is 0 Å². The third-order valence-electron chi connectivity index (χ3n) is 3.47. The fraction of sp³-hybridized carbons (Fsp3) is 0.235. The zero-order valence-electron chi connectivity index (χ0n) is 11.9. The molecule has 3 aromatic rings.